The summed E-state index contributed by atoms with van der Waals surface area (Å²) in [6.45, 7) is 1.94. The fourth-order valence-corrected chi connectivity index (χ4v) is 1.28. The third-order valence-corrected chi connectivity index (χ3v) is 2.36. The molecular weight excluding hydrogens is 206 g/mol. The standard InChI is InChI=1S/C7H8BrN3/c1-5-6(7(8)3-9)4-10-11(5)2/h4,7H,1-2H3. The van der Waals surface area contributed by atoms with Crippen LogP contribution in [0.15, 0.2) is 6.20 Å². The van der Waals surface area contributed by atoms with Crippen LogP contribution in [-0.2, 0) is 7.05 Å². The first kappa shape index (κ1) is 8.28. The van der Waals surface area contributed by atoms with Gasteiger partial charge in [0.15, 0.2) is 0 Å². The highest BCUT2D eigenvalue weighted by atomic mass is 79.9. The van der Waals surface area contributed by atoms with Gasteiger partial charge in [0.25, 0.3) is 0 Å². The molecule has 0 N–H and O–H groups in total. The molecule has 1 heterocycles. The van der Waals surface area contributed by atoms with Crippen molar-refractivity contribution in [3.05, 3.63) is 17.5 Å². The van der Waals surface area contributed by atoms with Crippen LogP contribution in [0.3, 0.4) is 0 Å². The molecule has 1 unspecified atom stereocenters. The molecule has 0 saturated heterocycles. The van der Waals surface area contributed by atoms with Crippen LogP contribution < -0.4 is 0 Å². The van der Waals surface area contributed by atoms with Crippen molar-refractivity contribution in [2.75, 3.05) is 0 Å². The van der Waals surface area contributed by atoms with Gasteiger partial charge in [0.2, 0.25) is 0 Å². The van der Waals surface area contributed by atoms with Crippen LogP contribution in [0, 0.1) is 18.3 Å². The zero-order chi connectivity index (χ0) is 8.43. The van der Waals surface area contributed by atoms with Crippen molar-refractivity contribution in [2.45, 2.75) is 11.8 Å². The maximum atomic E-state index is 8.59. The quantitative estimate of drug-likeness (QED) is 0.667. The second-order valence-corrected chi connectivity index (χ2v) is 3.22. The third kappa shape index (κ3) is 1.43. The molecule has 0 amide bonds. The van der Waals surface area contributed by atoms with Crippen LogP contribution in [0.5, 0.6) is 0 Å². The molecule has 0 bridgehead atoms. The predicted molar refractivity (Wildman–Crippen MR) is 45.2 cm³/mol. The molecule has 0 aliphatic rings. The Morgan fingerprint density at radius 1 is 1.82 bits per heavy atom. The van der Waals surface area contributed by atoms with E-state index in [1.807, 2.05) is 14.0 Å². The summed E-state index contributed by atoms with van der Waals surface area (Å²) in [6.07, 6.45) is 1.71. The Kier molecular flexibility index (Phi) is 2.30. The maximum absolute atomic E-state index is 8.59. The Balaban J connectivity index is 3.07. The number of alkyl halides is 1. The van der Waals surface area contributed by atoms with Crippen LogP contribution in [0.25, 0.3) is 0 Å². The van der Waals surface area contributed by atoms with Crippen LogP contribution in [-0.4, -0.2) is 9.78 Å². The zero-order valence-corrected chi connectivity index (χ0v) is 7.96. The number of aromatic nitrogens is 2. The van der Waals surface area contributed by atoms with Crippen molar-refractivity contribution >= 4 is 15.9 Å². The number of aryl methyl sites for hydroxylation is 1. The van der Waals surface area contributed by atoms with E-state index >= 15 is 0 Å². The van der Waals surface area contributed by atoms with Gasteiger partial charge in [0, 0.05) is 18.3 Å². The molecule has 0 aromatic carbocycles. The van der Waals surface area contributed by atoms with Crippen LogP contribution >= 0.6 is 15.9 Å². The molecule has 0 aliphatic carbocycles. The Morgan fingerprint density at radius 2 is 2.45 bits per heavy atom. The van der Waals surface area contributed by atoms with Crippen molar-refractivity contribution in [1.82, 2.24) is 9.78 Å². The third-order valence-electron chi connectivity index (χ3n) is 1.66. The van der Waals surface area contributed by atoms with E-state index in [9.17, 15) is 0 Å². The predicted octanol–water partition coefficient (Wildman–Crippen LogP) is 1.69. The topological polar surface area (TPSA) is 41.6 Å². The molecule has 0 aliphatic heterocycles. The minimum absolute atomic E-state index is 0.240. The van der Waals surface area contributed by atoms with E-state index in [0.29, 0.717) is 0 Å². The van der Waals surface area contributed by atoms with Crippen molar-refractivity contribution in [2.24, 2.45) is 7.05 Å². The molecule has 0 saturated carbocycles. The molecular formula is C7H8BrN3. The molecule has 11 heavy (non-hydrogen) atoms. The molecule has 1 aromatic heterocycles. The van der Waals surface area contributed by atoms with Gasteiger partial charge in [-0.05, 0) is 6.92 Å². The molecule has 0 radical (unpaired) electrons. The second-order valence-electron chi connectivity index (χ2n) is 2.30. The molecule has 4 heteroatoms. The summed E-state index contributed by atoms with van der Waals surface area (Å²) in [5.41, 5.74) is 1.96. The summed E-state index contributed by atoms with van der Waals surface area (Å²) in [6, 6.07) is 2.10. The van der Waals surface area contributed by atoms with Crippen LogP contribution in [0.4, 0.5) is 0 Å². The summed E-state index contributed by atoms with van der Waals surface area (Å²) >= 11 is 3.23. The lowest BCUT2D eigenvalue weighted by molar-refractivity contribution is 0.738. The van der Waals surface area contributed by atoms with Gasteiger partial charge in [-0.1, -0.05) is 15.9 Å². The highest BCUT2D eigenvalue weighted by Gasteiger charge is 2.11. The molecule has 0 spiro atoms. The lowest BCUT2D eigenvalue weighted by atomic mass is 10.2. The smallest absolute Gasteiger partial charge is 0.129 e. The minimum atomic E-state index is -0.240. The monoisotopic (exact) mass is 213 g/mol. The Hall–Kier alpha value is -0.820. The van der Waals surface area contributed by atoms with E-state index in [0.717, 1.165) is 11.3 Å². The fraction of sp³-hybridized carbons (Fsp3) is 0.429. The summed E-state index contributed by atoms with van der Waals surface area (Å²) in [5, 5.41) is 12.6. The Labute approximate surface area is 73.8 Å². The zero-order valence-electron chi connectivity index (χ0n) is 6.37. The number of hydrogen-bond donors (Lipinski definition) is 0. The van der Waals surface area contributed by atoms with E-state index in [4.69, 9.17) is 5.26 Å². The number of hydrogen-bond acceptors (Lipinski definition) is 2. The number of nitriles is 1. The number of rotatable bonds is 1. The van der Waals surface area contributed by atoms with E-state index in [-0.39, 0.29) is 4.83 Å². The lowest BCUT2D eigenvalue weighted by Crippen LogP contribution is -1.94. The van der Waals surface area contributed by atoms with Crippen molar-refractivity contribution in [3.63, 3.8) is 0 Å². The van der Waals surface area contributed by atoms with E-state index in [2.05, 4.69) is 27.1 Å². The van der Waals surface area contributed by atoms with Gasteiger partial charge in [0.1, 0.15) is 4.83 Å². The SMILES string of the molecule is Cc1c(C(Br)C#N)cnn1C. The normalized spacial score (nSPS) is 12.5. The van der Waals surface area contributed by atoms with Crippen molar-refractivity contribution in [3.8, 4) is 6.07 Å². The molecule has 1 rings (SSSR count). The van der Waals surface area contributed by atoms with Crippen LogP contribution in [0.1, 0.15) is 16.1 Å². The molecule has 3 nitrogen and oxygen atoms in total. The summed E-state index contributed by atoms with van der Waals surface area (Å²) in [7, 11) is 1.86. The van der Waals surface area contributed by atoms with Gasteiger partial charge in [-0.25, -0.2) is 0 Å². The first-order valence-electron chi connectivity index (χ1n) is 3.19. The minimum Gasteiger partial charge on any atom is -0.273 e. The Bertz CT molecular complexity index is 297. The van der Waals surface area contributed by atoms with Gasteiger partial charge in [0.05, 0.1) is 12.3 Å². The van der Waals surface area contributed by atoms with E-state index in [1.165, 1.54) is 0 Å². The summed E-state index contributed by atoms with van der Waals surface area (Å²) in [4.78, 5) is -0.240. The van der Waals surface area contributed by atoms with Gasteiger partial charge in [-0.3, -0.25) is 4.68 Å². The average molecular weight is 214 g/mol. The van der Waals surface area contributed by atoms with Crippen molar-refractivity contribution < 1.29 is 0 Å². The largest absolute Gasteiger partial charge is 0.273 e. The highest BCUT2D eigenvalue weighted by Crippen LogP contribution is 2.23. The van der Waals surface area contributed by atoms with Gasteiger partial charge in [-0.15, -0.1) is 0 Å². The van der Waals surface area contributed by atoms with Gasteiger partial charge >= 0.3 is 0 Å². The average Bonchev–Trinajstić information content (AvgIpc) is 2.32. The summed E-state index contributed by atoms with van der Waals surface area (Å²) < 4.78 is 1.75. The van der Waals surface area contributed by atoms with E-state index in [1.54, 1.807) is 10.9 Å². The molecule has 1 atom stereocenters. The first-order chi connectivity index (χ1) is 5.16. The van der Waals surface area contributed by atoms with Crippen LogP contribution in [0.2, 0.25) is 0 Å². The number of nitrogens with zero attached hydrogens (tertiary/aromatic N) is 3. The number of halogens is 1. The van der Waals surface area contributed by atoms with Gasteiger partial charge in [-0.2, -0.15) is 10.4 Å². The summed E-state index contributed by atoms with van der Waals surface area (Å²) in [5.74, 6) is 0. The highest BCUT2D eigenvalue weighted by molar-refractivity contribution is 9.09. The van der Waals surface area contributed by atoms with Crippen molar-refractivity contribution in [1.29, 1.82) is 5.26 Å². The fourth-order valence-electron chi connectivity index (χ4n) is 0.834. The van der Waals surface area contributed by atoms with E-state index < -0.39 is 0 Å². The Morgan fingerprint density at radius 3 is 2.82 bits per heavy atom. The maximum Gasteiger partial charge on any atom is 0.129 e. The second kappa shape index (κ2) is 3.05. The molecule has 0 fully saturated rings. The lowest BCUT2D eigenvalue weighted by Gasteiger charge is -1.98. The molecule has 1 aromatic rings. The van der Waals surface area contributed by atoms with Gasteiger partial charge < -0.3 is 0 Å². The first-order valence-corrected chi connectivity index (χ1v) is 4.10. The molecule has 58 valence electrons.